The summed E-state index contributed by atoms with van der Waals surface area (Å²) < 4.78 is 5.90. The van der Waals surface area contributed by atoms with Crippen LogP contribution >= 0.6 is 0 Å². The summed E-state index contributed by atoms with van der Waals surface area (Å²) in [5.74, 6) is 0.682. The minimum absolute atomic E-state index is 0.0355. The fraction of sp³-hybridized carbons (Fsp3) is 0.679. The molecule has 1 saturated carbocycles. The van der Waals surface area contributed by atoms with Crippen molar-refractivity contribution in [1.82, 2.24) is 19.6 Å². The van der Waals surface area contributed by atoms with Crippen molar-refractivity contribution < 1.29 is 14.3 Å². The van der Waals surface area contributed by atoms with E-state index in [1.165, 1.54) is 0 Å². The first-order valence-electron chi connectivity index (χ1n) is 13.4. The molecule has 6 unspecified atom stereocenters. The summed E-state index contributed by atoms with van der Waals surface area (Å²) in [5, 5.41) is 8.35. The highest BCUT2D eigenvalue weighted by Gasteiger charge is 2.52. The summed E-state index contributed by atoms with van der Waals surface area (Å²) in [4.78, 5) is 30.9. The van der Waals surface area contributed by atoms with Crippen molar-refractivity contribution >= 4 is 12.3 Å². The molecule has 0 aromatic heterocycles. The van der Waals surface area contributed by atoms with Gasteiger partial charge in [0.15, 0.2) is 0 Å². The molecule has 0 spiro atoms. The first-order chi connectivity index (χ1) is 17.7. The van der Waals surface area contributed by atoms with Crippen molar-refractivity contribution in [2.24, 2.45) is 11.7 Å². The standard InChI is InChI=1S/C20H32N4O2.C8H12N2O/c1-13(21)11-23-12-17-10-18(23)20(26-5)24(17)14(2)15-7-6-8-16(9-15)19(25)22(3)4;1-2-7-5-8(7)10(6-11)4-3-9/h6-9,13-14,17-18,20H,10-12,21H2,1-5H3;6-8H,2,4-5H2,1H3/t13?,14?,17-,18?,20?;/m0./s1. The number of piperazine rings is 1. The molecule has 1 aliphatic carbocycles. The Morgan fingerprint density at radius 1 is 1.32 bits per heavy atom. The van der Waals surface area contributed by atoms with E-state index in [2.05, 4.69) is 36.6 Å². The summed E-state index contributed by atoms with van der Waals surface area (Å²) in [5.41, 5.74) is 7.90. The molecule has 3 aliphatic rings. The van der Waals surface area contributed by atoms with E-state index < -0.39 is 0 Å². The van der Waals surface area contributed by atoms with Crippen LogP contribution < -0.4 is 5.73 Å². The van der Waals surface area contributed by atoms with Gasteiger partial charge in [0.2, 0.25) is 6.41 Å². The molecule has 2 aliphatic heterocycles. The van der Waals surface area contributed by atoms with Gasteiger partial charge in [-0.05, 0) is 50.3 Å². The third kappa shape index (κ3) is 6.68. The molecule has 9 heteroatoms. The maximum Gasteiger partial charge on any atom is 0.253 e. The van der Waals surface area contributed by atoms with Crippen LogP contribution in [-0.4, -0.2) is 103 Å². The van der Waals surface area contributed by atoms with Gasteiger partial charge in [0.05, 0.1) is 12.1 Å². The molecule has 2 N–H and O–H groups in total. The number of carbonyl (C=O) groups excluding carboxylic acids is 2. The number of hydrogen-bond acceptors (Lipinski definition) is 7. The minimum Gasteiger partial charge on any atom is -0.365 e. The number of amides is 2. The quantitative estimate of drug-likeness (QED) is 0.379. The second-order valence-electron chi connectivity index (χ2n) is 10.9. The van der Waals surface area contributed by atoms with Gasteiger partial charge in [0.1, 0.15) is 12.8 Å². The number of likely N-dealkylation sites (tertiary alicyclic amines) is 2. The smallest absolute Gasteiger partial charge is 0.253 e. The summed E-state index contributed by atoms with van der Waals surface area (Å²) in [7, 11) is 5.36. The van der Waals surface area contributed by atoms with Crippen molar-refractivity contribution in [3.05, 3.63) is 35.4 Å². The topological polar surface area (TPSA) is 106 Å². The van der Waals surface area contributed by atoms with E-state index in [4.69, 9.17) is 15.7 Å². The number of methoxy groups -OCH3 is 1. The highest BCUT2D eigenvalue weighted by molar-refractivity contribution is 5.94. The Kier molecular flexibility index (Phi) is 10.1. The van der Waals surface area contributed by atoms with Crippen molar-refractivity contribution in [1.29, 1.82) is 5.26 Å². The third-order valence-corrected chi connectivity index (χ3v) is 7.93. The van der Waals surface area contributed by atoms with Crippen molar-refractivity contribution in [2.75, 3.05) is 40.8 Å². The molecule has 2 saturated heterocycles. The normalized spacial score (nSPS) is 28.0. The van der Waals surface area contributed by atoms with Gasteiger partial charge in [-0.25, -0.2) is 0 Å². The average Bonchev–Trinajstić information content (AvgIpc) is 3.44. The lowest BCUT2D eigenvalue weighted by atomic mass is 10.0. The van der Waals surface area contributed by atoms with Crippen LogP contribution in [0.15, 0.2) is 24.3 Å². The zero-order valence-electron chi connectivity index (χ0n) is 23.2. The monoisotopic (exact) mass is 512 g/mol. The van der Waals surface area contributed by atoms with Gasteiger partial charge in [0.25, 0.3) is 5.91 Å². The first-order valence-corrected chi connectivity index (χ1v) is 13.4. The van der Waals surface area contributed by atoms with Gasteiger partial charge in [-0.2, -0.15) is 5.26 Å². The lowest BCUT2D eigenvalue weighted by molar-refractivity contribution is -0.118. The maximum absolute atomic E-state index is 12.3. The molecule has 4 rings (SSSR count). The number of benzene rings is 1. The van der Waals surface area contributed by atoms with Gasteiger partial charge in [-0.1, -0.05) is 25.5 Å². The van der Waals surface area contributed by atoms with Crippen molar-refractivity contribution in [2.45, 2.75) is 76.5 Å². The second-order valence-corrected chi connectivity index (χ2v) is 10.9. The van der Waals surface area contributed by atoms with E-state index in [-0.39, 0.29) is 30.8 Å². The largest absolute Gasteiger partial charge is 0.365 e. The van der Waals surface area contributed by atoms with Gasteiger partial charge in [0, 0.05) is 64.0 Å². The summed E-state index contributed by atoms with van der Waals surface area (Å²) in [6.45, 7) is 8.57. The number of fused-ring (bicyclic) bond motifs is 2. The fourth-order valence-corrected chi connectivity index (χ4v) is 5.98. The molecule has 2 heterocycles. The number of nitrogens with zero attached hydrogens (tertiary/aromatic N) is 5. The summed E-state index contributed by atoms with van der Waals surface area (Å²) in [6, 6.07) is 11.5. The van der Waals surface area contributed by atoms with E-state index >= 15 is 0 Å². The van der Waals surface area contributed by atoms with E-state index in [1.807, 2.05) is 24.3 Å². The molecule has 2 bridgehead atoms. The lowest BCUT2D eigenvalue weighted by Gasteiger charge is -2.43. The average molecular weight is 513 g/mol. The molecule has 7 atom stereocenters. The van der Waals surface area contributed by atoms with Gasteiger partial charge >= 0.3 is 0 Å². The Balaban J connectivity index is 0.000000289. The summed E-state index contributed by atoms with van der Waals surface area (Å²) in [6.07, 6.45) is 4.16. The number of hydrogen-bond donors (Lipinski definition) is 1. The Morgan fingerprint density at radius 3 is 2.59 bits per heavy atom. The van der Waals surface area contributed by atoms with Crippen LogP contribution in [0.4, 0.5) is 0 Å². The number of nitrogens with two attached hydrogens (primary N) is 1. The number of nitriles is 1. The van der Waals surface area contributed by atoms with Crippen LogP contribution in [0.1, 0.15) is 62.0 Å². The van der Waals surface area contributed by atoms with Crippen LogP contribution in [0.2, 0.25) is 0 Å². The SMILES string of the molecule is CCC1CC1N(C=O)CC#N.COC1C2C[C@@H](CN2CC(C)N)N1C(C)c1cccc(C(=O)N(C)C)c1. The number of ether oxygens (including phenoxy) is 1. The van der Waals surface area contributed by atoms with Crippen LogP contribution in [0.3, 0.4) is 0 Å². The predicted octanol–water partition coefficient (Wildman–Crippen LogP) is 2.29. The molecule has 0 radical (unpaired) electrons. The molecular weight excluding hydrogens is 468 g/mol. The zero-order chi connectivity index (χ0) is 27.3. The van der Waals surface area contributed by atoms with Crippen molar-refractivity contribution in [3.8, 4) is 6.07 Å². The van der Waals surface area contributed by atoms with Crippen molar-refractivity contribution in [3.63, 3.8) is 0 Å². The molecule has 2 amide bonds. The van der Waals surface area contributed by atoms with E-state index in [9.17, 15) is 9.59 Å². The molecule has 1 aromatic carbocycles. The van der Waals surface area contributed by atoms with Gasteiger partial charge in [-0.3, -0.25) is 19.4 Å². The van der Waals surface area contributed by atoms with Crippen LogP contribution in [0.25, 0.3) is 0 Å². The molecule has 37 heavy (non-hydrogen) atoms. The Hall–Kier alpha value is -2.51. The summed E-state index contributed by atoms with van der Waals surface area (Å²) >= 11 is 0. The third-order valence-electron chi connectivity index (χ3n) is 7.93. The molecule has 1 aromatic rings. The van der Waals surface area contributed by atoms with E-state index in [1.54, 1.807) is 31.0 Å². The number of carbonyl (C=O) groups is 2. The molecular formula is C28H44N6O3. The molecule has 204 valence electrons. The number of rotatable bonds is 10. The van der Waals surface area contributed by atoms with E-state index in [0.717, 1.165) is 49.9 Å². The Labute approximate surface area is 222 Å². The predicted molar refractivity (Wildman–Crippen MR) is 143 cm³/mol. The highest BCUT2D eigenvalue weighted by Crippen LogP contribution is 2.41. The molecule has 9 nitrogen and oxygen atoms in total. The van der Waals surface area contributed by atoms with Crippen LogP contribution in [0.5, 0.6) is 0 Å². The van der Waals surface area contributed by atoms with E-state index in [0.29, 0.717) is 24.0 Å². The van der Waals surface area contributed by atoms with Gasteiger partial charge in [-0.15, -0.1) is 0 Å². The zero-order valence-corrected chi connectivity index (χ0v) is 23.2. The maximum atomic E-state index is 12.3. The molecule has 3 fully saturated rings. The minimum atomic E-state index is 0.0355. The lowest BCUT2D eigenvalue weighted by Crippen LogP contribution is -2.56. The Morgan fingerprint density at radius 2 is 2.05 bits per heavy atom. The van der Waals surface area contributed by atoms with Gasteiger partial charge < -0.3 is 20.3 Å². The van der Waals surface area contributed by atoms with Crippen LogP contribution in [0, 0.1) is 17.2 Å². The first kappa shape index (κ1) is 29.1. The van der Waals surface area contributed by atoms with Crippen LogP contribution in [-0.2, 0) is 9.53 Å². The second kappa shape index (κ2) is 12.8. The Bertz CT molecular complexity index is 963. The fourth-order valence-electron chi connectivity index (χ4n) is 5.98. The highest BCUT2D eigenvalue weighted by atomic mass is 16.5.